The fraction of sp³-hybridized carbons (Fsp3) is 0.231. The number of aryl methyl sites for hydroxylation is 1. The highest BCUT2D eigenvalue weighted by molar-refractivity contribution is 7.14. The van der Waals surface area contributed by atoms with Crippen LogP contribution in [0.2, 0.25) is 0 Å². The van der Waals surface area contributed by atoms with Gasteiger partial charge in [-0.1, -0.05) is 6.07 Å². The van der Waals surface area contributed by atoms with Gasteiger partial charge < -0.3 is 5.73 Å². The number of nitrogens with one attached hydrogen (secondary N) is 1. The van der Waals surface area contributed by atoms with Crippen LogP contribution in [0, 0.1) is 18.6 Å². The number of hydrogen-bond donors (Lipinski definition) is 2. The molecule has 0 saturated heterocycles. The molecule has 1 aromatic heterocycles. The van der Waals surface area contributed by atoms with Crippen LogP contribution in [0.3, 0.4) is 0 Å². The lowest BCUT2D eigenvalue weighted by Crippen LogP contribution is -2.16. The average Bonchev–Trinajstić information content (AvgIpc) is 2.83. The lowest BCUT2D eigenvalue weighted by molar-refractivity contribution is 0.101. The van der Waals surface area contributed by atoms with Gasteiger partial charge in [0, 0.05) is 11.4 Å². The number of thiazole rings is 1. The van der Waals surface area contributed by atoms with Gasteiger partial charge in [-0.15, -0.1) is 11.3 Å². The number of aromatic nitrogens is 1. The van der Waals surface area contributed by atoms with Crippen LogP contribution < -0.4 is 11.1 Å². The number of carbonyl (C=O) groups is 1. The van der Waals surface area contributed by atoms with Gasteiger partial charge in [-0.25, -0.2) is 13.8 Å². The van der Waals surface area contributed by atoms with Gasteiger partial charge in [0.25, 0.3) is 5.91 Å². The molecule has 0 fully saturated rings. The van der Waals surface area contributed by atoms with Gasteiger partial charge in [-0.2, -0.15) is 0 Å². The topological polar surface area (TPSA) is 68.0 Å². The maximum Gasteiger partial charge on any atom is 0.263 e. The van der Waals surface area contributed by atoms with E-state index < -0.39 is 23.1 Å². The minimum Gasteiger partial charge on any atom is -0.323 e. The van der Waals surface area contributed by atoms with E-state index in [4.69, 9.17) is 5.73 Å². The second kappa shape index (κ2) is 5.64. The zero-order chi connectivity index (χ0) is 14.9. The summed E-state index contributed by atoms with van der Waals surface area (Å²) >= 11 is 1.15. The number of hydrogen-bond acceptors (Lipinski definition) is 4. The van der Waals surface area contributed by atoms with E-state index in [1.54, 1.807) is 12.3 Å². The van der Waals surface area contributed by atoms with Crippen LogP contribution >= 0.6 is 11.3 Å². The van der Waals surface area contributed by atoms with Gasteiger partial charge in [0.1, 0.15) is 17.2 Å². The number of amides is 1. The van der Waals surface area contributed by atoms with Gasteiger partial charge in [0.05, 0.1) is 5.69 Å². The van der Waals surface area contributed by atoms with Crippen molar-refractivity contribution in [2.75, 3.05) is 5.32 Å². The van der Waals surface area contributed by atoms with E-state index >= 15 is 0 Å². The van der Waals surface area contributed by atoms with Crippen LogP contribution in [0.4, 0.5) is 13.9 Å². The van der Waals surface area contributed by atoms with Crippen molar-refractivity contribution in [2.45, 2.75) is 19.9 Å². The molecule has 1 aromatic carbocycles. The Morgan fingerprint density at radius 2 is 2.15 bits per heavy atom. The molecule has 7 heteroatoms. The van der Waals surface area contributed by atoms with Crippen molar-refractivity contribution in [3.8, 4) is 0 Å². The molecule has 2 rings (SSSR count). The highest BCUT2D eigenvalue weighted by Crippen LogP contribution is 2.22. The zero-order valence-corrected chi connectivity index (χ0v) is 11.7. The molecule has 1 unspecified atom stereocenters. The first kappa shape index (κ1) is 14.5. The van der Waals surface area contributed by atoms with E-state index in [0.717, 1.165) is 17.4 Å². The van der Waals surface area contributed by atoms with E-state index in [1.165, 1.54) is 13.0 Å². The summed E-state index contributed by atoms with van der Waals surface area (Å²) in [7, 11) is 0. The van der Waals surface area contributed by atoms with Crippen molar-refractivity contribution < 1.29 is 13.6 Å². The minimum atomic E-state index is -0.908. The molecule has 0 bridgehead atoms. The number of nitrogens with zero attached hydrogens (tertiary/aromatic N) is 1. The maximum atomic E-state index is 13.8. The van der Waals surface area contributed by atoms with Crippen molar-refractivity contribution in [1.29, 1.82) is 0 Å². The summed E-state index contributed by atoms with van der Waals surface area (Å²) in [4.78, 5) is 16.0. The molecule has 0 saturated carbocycles. The largest absolute Gasteiger partial charge is 0.323 e. The van der Waals surface area contributed by atoms with E-state index in [1.807, 2.05) is 0 Å². The second-order valence-corrected chi connectivity index (χ2v) is 5.23. The molecule has 3 N–H and O–H groups in total. The average molecular weight is 297 g/mol. The smallest absolute Gasteiger partial charge is 0.263 e. The third kappa shape index (κ3) is 2.83. The summed E-state index contributed by atoms with van der Waals surface area (Å²) in [5.41, 5.74) is 5.85. The Bertz CT molecular complexity index is 655. The Hall–Kier alpha value is -1.86. The fourth-order valence-corrected chi connectivity index (χ4v) is 2.39. The van der Waals surface area contributed by atoms with Gasteiger partial charge >= 0.3 is 0 Å². The predicted molar refractivity (Wildman–Crippen MR) is 73.8 cm³/mol. The molecule has 0 aliphatic rings. The van der Waals surface area contributed by atoms with Crippen LogP contribution in [0.1, 0.15) is 34.6 Å². The molecule has 1 amide bonds. The Labute approximate surface area is 118 Å². The van der Waals surface area contributed by atoms with Crippen LogP contribution in [0.5, 0.6) is 0 Å². The molecule has 0 radical (unpaired) electrons. The first-order valence-electron chi connectivity index (χ1n) is 5.87. The molecule has 1 atom stereocenters. The van der Waals surface area contributed by atoms with Gasteiger partial charge in [-0.05, 0) is 25.5 Å². The quantitative estimate of drug-likeness (QED) is 0.915. The molecule has 0 aliphatic heterocycles. The van der Waals surface area contributed by atoms with Crippen molar-refractivity contribution in [3.63, 3.8) is 0 Å². The van der Waals surface area contributed by atoms with Crippen molar-refractivity contribution >= 4 is 22.4 Å². The van der Waals surface area contributed by atoms with Crippen LogP contribution in [-0.2, 0) is 0 Å². The van der Waals surface area contributed by atoms with E-state index in [0.29, 0.717) is 5.69 Å². The van der Waals surface area contributed by atoms with Crippen molar-refractivity contribution in [3.05, 3.63) is 46.0 Å². The Morgan fingerprint density at radius 1 is 1.45 bits per heavy atom. The Kier molecular flexibility index (Phi) is 4.10. The van der Waals surface area contributed by atoms with Crippen molar-refractivity contribution in [1.82, 2.24) is 4.98 Å². The molecule has 0 aliphatic carbocycles. The first-order valence-corrected chi connectivity index (χ1v) is 6.75. The highest BCUT2D eigenvalue weighted by Gasteiger charge is 2.20. The van der Waals surface area contributed by atoms with Gasteiger partial charge in [0.15, 0.2) is 5.13 Å². The Morgan fingerprint density at radius 3 is 2.75 bits per heavy atom. The third-order valence-corrected chi connectivity index (χ3v) is 3.50. The molecular weight excluding hydrogens is 284 g/mol. The third-order valence-electron chi connectivity index (χ3n) is 2.72. The minimum absolute atomic E-state index is 0.201. The summed E-state index contributed by atoms with van der Waals surface area (Å²) < 4.78 is 27.4. The predicted octanol–water partition coefficient (Wildman–Crippen LogP) is 3.00. The van der Waals surface area contributed by atoms with Crippen LogP contribution in [0.25, 0.3) is 0 Å². The number of nitrogens with two attached hydrogens (primary N) is 1. The standard InChI is InChI=1S/C13H13F2N3OS/c1-6-3-4-8(14)10(11(6)15)12(19)18-13-17-9(5-20-13)7(2)16/h3-5,7H,16H2,1-2H3,(H,17,18,19). The molecule has 0 spiro atoms. The summed E-state index contributed by atoms with van der Waals surface area (Å²) in [5, 5.41) is 4.31. The second-order valence-electron chi connectivity index (χ2n) is 4.37. The lowest BCUT2D eigenvalue weighted by atomic mass is 10.1. The van der Waals surface area contributed by atoms with Crippen LogP contribution in [0.15, 0.2) is 17.5 Å². The Balaban J connectivity index is 2.26. The number of benzene rings is 1. The molecule has 106 valence electrons. The number of rotatable bonds is 3. The van der Waals surface area contributed by atoms with Gasteiger partial charge in [0.2, 0.25) is 0 Å². The van der Waals surface area contributed by atoms with Gasteiger partial charge in [-0.3, -0.25) is 10.1 Å². The summed E-state index contributed by atoms with van der Waals surface area (Å²) in [6, 6.07) is 2.06. The number of anilines is 1. The molecule has 1 heterocycles. The summed E-state index contributed by atoms with van der Waals surface area (Å²) in [5.74, 6) is -2.64. The number of carbonyl (C=O) groups excluding carboxylic acids is 1. The maximum absolute atomic E-state index is 13.8. The summed E-state index contributed by atoms with van der Waals surface area (Å²) in [6.07, 6.45) is 0. The van der Waals surface area contributed by atoms with Crippen LogP contribution in [-0.4, -0.2) is 10.9 Å². The zero-order valence-electron chi connectivity index (χ0n) is 10.9. The molecule has 2 aromatic rings. The monoisotopic (exact) mass is 297 g/mol. The normalized spacial score (nSPS) is 12.2. The van der Waals surface area contributed by atoms with E-state index in [-0.39, 0.29) is 16.7 Å². The molecular formula is C13H13F2N3OS. The SMILES string of the molecule is Cc1ccc(F)c(C(=O)Nc2nc(C(C)N)cs2)c1F. The highest BCUT2D eigenvalue weighted by atomic mass is 32.1. The lowest BCUT2D eigenvalue weighted by Gasteiger charge is -2.06. The molecule has 4 nitrogen and oxygen atoms in total. The number of halogens is 2. The van der Waals surface area contributed by atoms with Crippen molar-refractivity contribution in [2.24, 2.45) is 5.73 Å². The van der Waals surface area contributed by atoms with E-state index in [9.17, 15) is 13.6 Å². The van der Waals surface area contributed by atoms with E-state index in [2.05, 4.69) is 10.3 Å². The summed E-state index contributed by atoms with van der Waals surface area (Å²) in [6.45, 7) is 3.21. The molecule has 20 heavy (non-hydrogen) atoms. The fourth-order valence-electron chi connectivity index (χ4n) is 1.58. The first-order chi connectivity index (χ1) is 9.40.